The van der Waals surface area contributed by atoms with Gasteiger partial charge in [-0.15, -0.1) is 0 Å². The lowest BCUT2D eigenvalue weighted by atomic mass is 9.95. The molecule has 0 unspecified atom stereocenters. The van der Waals surface area contributed by atoms with E-state index >= 15 is 0 Å². The summed E-state index contributed by atoms with van der Waals surface area (Å²) in [6.45, 7) is 1.09. The van der Waals surface area contributed by atoms with E-state index < -0.39 is 29.9 Å². The van der Waals surface area contributed by atoms with E-state index in [-0.39, 0.29) is 23.8 Å². The number of aromatic nitrogens is 1. The van der Waals surface area contributed by atoms with Crippen LogP contribution in [-0.2, 0) is 4.74 Å². The first-order valence-corrected chi connectivity index (χ1v) is 9.70. The highest BCUT2D eigenvalue weighted by atomic mass is 19.4. The molecule has 0 radical (unpaired) electrons. The average molecular weight is 412 g/mol. The van der Waals surface area contributed by atoms with E-state index in [2.05, 4.69) is 10.3 Å². The van der Waals surface area contributed by atoms with Gasteiger partial charge >= 0.3 is 6.18 Å². The maximum atomic E-state index is 13.7. The molecule has 1 fully saturated rings. The summed E-state index contributed by atoms with van der Waals surface area (Å²) < 4.78 is 59.0. The number of amides is 1. The van der Waals surface area contributed by atoms with Crippen LogP contribution in [0, 0.1) is 5.82 Å². The minimum absolute atomic E-state index is 0.0640. The summed E-state index contributed by atoms with van der Waals surface area (Å²) in [5, 5.41) is 2.86. The number of carbonyl (C=O) groups excluding carboxylic acids is 1. The van der Waals surface area contributed by atoms with Crippen molar-refractivity contribution >= 4 is 16.8 Å². The number of nitrogens with one attached hydrogen (secondary N) is 1. The van der Waals surface area contributed by atoms with Crippen LogP contribution in [0.3, 0.4) is 0 Å². The molecule has 0 spiro atoms. The smallest absolute Gasteiger partial charge is 0.376 e. The number of rotatable bonds is 6. The summed E-state index contributed by atoms with van der Waals surface area (Å²) in [4.78, 5) is 16.6. The molecule has 3 rings (SSSR count). The lowest BCUT2D eigenvalue weighted by molar-refractivity contribution is -0.155. The zero-order valence-electron chi connectivity index (χ0n) is 16.2. The van der Waals surface area contributed by atoms with Crippen molar-refractivity contribution in [3.05, 3.63) is 41.8 Å². The van der Waals surface area contributed by atoms with Gasteiger partial charge in [-0.25, -0.2) is 4.39 Å². The number of nitrogens with zero attached hydrogens (tertiary/aromatic N) is 1. The van der Waals surface area contributed by atoms with Crippen molar-refractivity contribution in [2.45, 2.75) is 63.3 Å². The number of para-hydroxylation sites is 1. The Kier molecular flexibility index (Phi) is 6.41. The van der Waals surface area contributed by atoms with Crippen molar-refractivity contribution in [3.8, 4) is 0 Å². The summed E-state index contributed by atoms with van der Waals surface area (Å²) in [6, 6.07) is 5.73. The largest absolute Gasteiger partial charge is 0.391 e. The Hall–Kier alpha value is -2.22. The van der Waals surface area contributed by atoms with Crippen molar-refractivity contribution in [1.29, 1.82) is 0 Å². The van der Waals surface area contributed by atoms with Crippen LogP contribution in [-0.4, -0.2) is 35.3 Å². The van der Waals surface area contributed by atoms with Crippen LogP contribution in [0.25, 0.3) is 10.9 Å². The van der Waals surface area contributed by atoms with E-state index in [0.29, 0.717) is 5.39 Å². The second kappa shape index (κ2) is 8.65. The van der Waals surface area contributed by atoms with Crippen LogP contribution in [0.2, 0.25) is 0 Å². The Labute approximate surface area is 166 Å². The molecular weight excluding hydrogens is 388 g/mol. The van der Waals surface area contributed by atoms with Gasteiger partial charge in [0.25, 0.3) is 5.91 Å². The standard InChI is InChI=1S/C21H24F4N2O2/c1-20(12-21(23,24)25,13-29-16-7-3-2-4-8-16)27-19(28)15-10-14-6-5-9-17(22)18(14)26-11-15/h5-6,9-11,16H,2-4,7-8,12-13H2,1H3,(H,27,28)/t20-/m1/s1. The Morgan fingerprint density at radius 3 is 2.66 bits per heavy atom. The molecule has 1 saturated carbocycles. The number of halogens is 4. The van der Waals surface area contributed by atoms with Gasteiger partial charge in [0.05, 0.1) is 30.2 Å². The number of benzene rings is 1. The molecule has 1 amide bonds. The molecule has 1 aromatic carbocycles. The van der Waals surface area contributed by atoms with Gasteiger partial charge in [0.1, 0.15) is 11.3 Å². The quantitative estimate of drug-likeness (QED) is 0.667. The summed E-state index contributed by atoms with van der Waals surface area (Å²) >= 11 is 0. The molecule has 1 aromatic heterocycles. The van der Waals surface area contributed by atoms with Crippen LogP contribution < -0.4 is 5.32 Å². The van der Waals surface area contributed by atoms with Crippen LogP contribution in [0.1, 0.15) is 55.8 Å². The number of fused-ring (bicyclic) bond motifs is 1. The van der Waals surface area contributed by atoms with Crippen LogP contribution in [0.5, 0.6) is 0 Å². The molecule has 29 heavy (non-hydrogen) atoms. The van der Waals surface area contributed by atoms with Crippen LogP contribution in [0.4, 0.5) is 17.6 Å². The zero-order valence-corrected chi connectivity index (χ0v) is 16.2. The Balaban J connectivity index is 1.76. The molecule has 0 aliphatic heterocycles. The second-order valence-corrected chi connectivity index (χ2v) is 7.91. The van der Waals surface area contributed by atoms with Gasteiger partial charge in [-0.3, -0.25) is 9.78 Å². The Morgan fingerprint density at radius 2 is 1.97 bits per heavy atom. The van der Waals surface area contributed by atoms with E-state index in [4.69, 9.17) is 4.74 Å². The summed E-state index contributed by atoms with van der Waals surface area (Å²) in [5.74, 6) is -1.24. The second-order valence-electron chi connectivity index (χ2n) is 7.91. The van der Waals surface area contributed by atoms with Crippen molar-refractivity contribution in [3.63, 3.8) is 0 Å². The highest BCUT2D eigenvalue weighted by Gasteiger charge is 2.41. The number of ether oxygens (including phenoxy) is 1. The van der Waals surface area contributed by atoms with Crippen LogP contribution in [0.15, 0.2) is 30.5 Å². The molecule has 158 valence electrons. The third kappa shape index (κ3) is 5.88. The van der Waals surface area contributed by atoms with Crippen LogP contribution >= 0.6 is 0 Å². The molecule has 0 saturated heterocycles. The third-order valence-electron chi connectivity index (χ3n) is 5.12. The fourth-order valence-corrected chi connectivity index (χ4v) is 3.70. The topological polar surface area (TPSA) is 51.2 Å². The molecule has 1 aliphatic carbocycles. The molecule has 4 nitrogen and oxygen atoms in total. The van der Waals surface area contributed by atoms with Crippen molar-refractivity contribution in [1.82, 2.24) is 10.3 Å². The molecule has 1 aliphatic rings. The number of hydrogen-bond donors (Lipinski definition) is 1. The van der Waals surface area contributed by atoms with Gasteiger partial charge in [-0.05, 0) is 31.9 Å². The van der Waals surface area contributed by atoms with Crippen molar-refractivity contribution in [2.75, 3.05) is 6.61 Å². The van der Waals surface area contributed by atoms with Gasteiger partial charge in [0.2, 0.25) is 0 Å². The lowest BCUT2D eigenvalue weighted by Crippen LogP contribution is -2.52. The molecule has 8 heteroatoms. The Bertz CT molecular complexity index is 865. The molecular formula is C21H24F4N2O2. The predicted octanol–water partition coefficient (Wildman–Crippen LogP) is 5.16. The molecule has 1 atom stereocenters. The van der Waals surface area contributed by atoms with E-state index in [1.807, 2.05) is 0 Å². The molecule has 1 heterocycles. The first-order chi connectivity index (χ1) is 13.7. The van der Waals surface area contributed by atoms with Gasteiger partial charge in [0.15, 0.2) is 0 Å². The summed E-state index contributed by atoms with van der Waals surface area (Å²) in [6.07, 6.45) is 0.114. The highest BCUT2D eigenvalue weighted by molar-refractivity contribution is 5.97. The Morgan fingerprint density at radius 1 is 1.24 bits per heavy atom. The van der Waals surface area contributed by atoms with Crippen molar-refractivity contribution < 1.29 is 27.1 Å². The molecule has 0 bridgehead atoms. The predicted molar refractivity (Wildman–Crippen MR) is 101 cm³/mol. The van der Waals surface area contributed by atoms with Gasteiger partial charge in [0, 0.05) is 11.6 Å². The first kappa shape index (κ1) is 21.5. The van der Waals surface area contributed by atoms with Gasteiger partial charge in [-0.2, -0.15) is 13.2 Å². The number of pyridine rings is 1. The fraction of sp³-hybridized carbons (Fsp3) is 0.524. The monoisotopic (exact) mass is 412 g/mol. The number of carbonyl (C=O) groups is 1. The van der Waals surface area contributed by atoms with Crippen molar-refractivity contribution in [2.24, 2.45) is 0 Å². The van der Waals surface area contributed by atoms with Gasteiger partial charge < -0.3 is 10.1 Å². The lowest BCUT2D eigenvalue weighted by Gasteiger charge is -2.34. The zero-order chi connectivity index (χ0) is 21.1. The average Bonchev–Trinajstić information content (AvgIpc) is 2.66. The number of hydrogen-bond acceptors (Lipinski definition) is 3. The maximum Gasteiger partial charge on any atom is 0.391 e. The van der Waals surface area contributed by atoms with E-state index in [9.17, 15) is 22.4 Å². The van der Waals surface area contributed by atoms with E-state index in [1.54, 1.807) is 6.07 Å². The minimum Gasteiger partial charge on any atom is -0.376 e. The fourth-order valence-electron chi connectivity index (χ4n) is 3.70. The molecule has 1 N–H and O–H groups in total. The molecule has 2 aromatic rings. The van der Waals surface area contributed by atoms with Gasteiger partial charge in [-0.1, -0.05) is 31.4 Å². The van der Waals surface area contributed by atoms with E-state index in [1.165, 1.54) is 25.1 Å². The maximum absolute atomic E-state index is 13.7. The van der Waals surface area contributed by atoms with E-state index in [0.717, 1.165) is 38.3 Å². The summed E-state index contributed by atoms with van der Waals surface area (Å²) in [7, 11) is 0. The normalized spacial score (nSPS) is 17.8. The minimum atomic E-state index is -4.47. The highest BCUT2D eigenvalue weighted by Crippen LogP contribution is 2.30. The summed E-state index contributed by atoms with van der Waals surface area (Å²) in [5.41, 5.74) is -1.46. The number of alkyl halides is 3. The SMILES string of the molecule is C[C@](COC1CCCCC1)(CC(F)(F)F)NC(=O)c1cnc2c(F)cccc2c1. The third-order valence-corrected chi connectivity index (χ3v) is 5.12. The first-order valence-electron chi connectivity index (χ1n) is 9.70.